The Kier molecular flexibility index (Phi) is 4.66. The molecular weight excluding hydrogens is 246 g/mol. The average Bonchev–Trinajstić information content (AvgIpc) is 2.71. The molecule has 100 valence electrons. The Morgan fingerprint density at radius 1 is 1.44 bits per heavy atom. The van der Waals surface area contributed by atoms with Crippen LogP contribution in [0.15, 0.2) is 6.07 Å². The van der Waals surface area contributed by atoms with Crippen LogP contribution in [0.3, 0.4) is 0 Å². The van der Waals surface area contributed by atoms with Gasteiger partial charge in [-0.1, -0.05) is 0 Å². The van der Waals surface area contributed by atoms with E-state index in [4.69, 9.17) is 0 Å². The van der Waals surface area contributed by atoms with Crippen molar-refractivity contribution in [3.05, 3.63) is 11.9 Å². The van der Waals surface area contributed by atoms with Gasteiger partial charge in [0.05, 0.1) is 0 Å². The van der Waals surface area contributed by atoms with Crippen LogP contribution in [-0.2, 0) is 0 Å². The molecule has 1 aliphatic heterocycles. The molecule has 2 N–H and O–H groups in total. The van der Waals surface area contributed by atoms with Crippen LogP contribution in [0.2, 0.25) is 0 Å². The van der Waals surface area contributed by atoms with Crippen LogP contribution in [0.4, 0.5) is 11.6 Å². The average molecular weight is 267 g/mol. The highest BCUT2D eigenvalue weighted by atomic mass is 32.1. The van der Waals surface area contributed by atoms with Gasteiger partial charge in [0.25, 0.3) is 0 Å². The lowest BCUT2D eigenvalue weighted by molar-refractivity contribution is 0.414. The number of aryl methyl sites for hydroxylation is 1. The molecule has 18 heavy (non-hydrogen) atoms. The van der Waals surface area contributed by atoms with Gasteiger partial charge in [-0.3, -0.25) is 0 Å². The molecule has 1 atom stereocenters. The largest absolute Gasteiger partial charge is 0.369 e. The first-order valence-corrected chi connectivity index (χ1v) is 6.96. The molecule has 1 aromatic rings. The zero-order chi connectivity index (χ0) is 13.0. The van der Waals surface area contributed by atoms with Gasteiger partial charge in [0, 0.05) is 31.0 Å². The first-order valence-electron chi connectivity index (χ1n) is 6.33. The van der Waals surface area contributed by atoms with Gasteiger partial charge in [-0.2, -0.15) is 12.6 Å². The Balaban J connectivity index is 2.00. The number of likely N-dealkylation sites (N-methyl/N-ethyl adjacent to an activating group) is 1. The molecule has 1 fully saturated rings. The summed E-state index contributed by atoms with van der Waals surface area (Å²) in [5, 5.41) is 6.71. The van der Waals surface area contributed by atoms with E-state index in [1.165, 1.54) is 6.42 Å². The number of thiol groups is 1. The maximum atomic E-state index is 4.43. The second kappa shape index (κ2) is 6.24. The van der Waals surface area contributed by atoms with E-state index in [1.54, 1.807) is 0 Å². The topological polar surface area (TPSA) is 53.1 Å². The number of rotatable bonds is 5. The Hall–Kier alpha value is -1.01. The van der Waals surface area contributed by atoms with E-state index in [0.29, 0.717) is 6.04 Å². The molecule has 6 heteroatoms. The van der Waals surface area contributed by atoms with E-state index >= 15 is 0 Å². The minimum absolute atomic E-state index is 0.488. The third-order valence-electron chi connectivity index (χ3n) is 3.00. The highest BCUT2D eigenvalue weighted by Gasteiger charge is 2.19. The van der Waals surface area contributed by atoms with Gasteiger partial charge in [-0.05, 0) is 26.9 Å². The highest BCUT2D eigenvalue weighted by molar-refractivity contribution is 7.80. The summed E-state index contributed by atoms with van der Waals surface area (Å²) in [6, 6.07) is 2.46. The van der Waals surface area contributed by atoms with Crippen LogP contribution in [0.1, 0.15) is 12.2 Å². The predicted octanol–water partition coefficient (Wildman–Crippen LogP) is 1.24. The molecule has 1 aromatic heterocycles. The number of hydrogen-bond donors (Lipinski definition) is 3. The maximum absolute atomic E-state index is 4.43. The number of hydrogen-bond acceptors (Lipinski definition) is 6. The lowest BCUT2D eigenvalue weighted by Gasteiger charge is -2.15. The van der Waals surface area contributed by atoms with Gasteiger partial charge >= 0.3 is 0 Å². The van der Waals surface area contributed by atoms with Gasteiger partial charge in [0.1, 0.15) is 17.5 Å². The van der Waals surface area contributed by atoms with Crippen LogP contribution >= 0.6 is 12.6 Å². The lowest BCUT2D eigenvalue weighted by atomic mass is 10.2. The SMILES string of the molecule is Cc1nc(NCCS)cc(NC2CCN(C)C2)n1. The molecule has 5 nitrogen and oxygen atoms in total. The van der Waals surface area contributed by atoms with Crippen molar-refractivity contribution in [3.8, 4) is 0 Å². The van der Waals surface area contributed by atoms with Gasteiger partial charge in [-0.15, -0.1) is 0 Å². The molecule has 1 saturated heterocycles. The normalized spacial score (nSPS) is 20.1. The standard InChI is InChI=1S/C12H21N5S/c1-9-14-11(13-4-6-18)7-12(15-9)16-10-3-5-17(2)8-10/h7,10,18H,3-6,8H2,1-2H3,(H2,13,14,15,16). The number of likely N-dealkylation sites (tertiary alicyclic amines) is 1. The smallest absolute Gasteiger partial charge is 0.132 e. The molecule has 2 heterocycles. The lowest BCUT2D eigenvalue weighted by Crippen LogP contribution is -2.24. The summed E-state index contributed by atoms with van der Waals surface area (Å²) in [7, 11) is 2.15. The quantitative estimate of drug-likeness (QED) is 0.701. The van der Waals surface area contributed by atoms with Gasteiger partial charge in [0.15, 0.2) is 0 Å². The molecular formula is C12H21N5S. The molecule has 1 unspecified atom stereocenters. The van der Waals surface area contributed by atoms with Crippen molar-refractivity contribution in [3.63, 3.8) is 0 Å². The third kappa shape index (κ3) is 3.74. The van der Waals surface area contributed by atoms with Gasteiger partial charge in [0.2, 0.25) is 0 Å². The summed E-state index contributed by atoms with van der Waals surface area (Å²) < 4.78 is 0. The molecule has 1 aliphatic rings. The molecule has 0 bridgehead atoms. The van der Waals surface area contributed by atoms with E-state index in [1.807, 2.05) is 13.0 Å². The fourth-order valence-electron chi connectivity index (χ4n) is 2.18. The van der Waals surface area contributed by atoms with Crippen LogP contribution in [0, 0.1) is 6.92 Å². The summed E-state index contributed by atoms with van der Waals surface area (Å²) in [5.74, 6) is 3.35. The summed E-state index contributed by atoms with van der Waals surface area (Å²) in [6.45, 7) is 4.94. The van der Waals surface area contributed by atoms with Crippen LogP contribution < -0.4 is 10.6 Å². The molecule has 0 saturated carbocycles. The van der Waals surface area contributed by atoms with E-state index < -0.39 is 0 Å². The van der Waals surface area contributed by atoms with Crippen molar-refractivity contribution in [1.82, 2.24) is 14.9 Å². The molecule has 2 rings (SSSR count). The fraction of sp³-hybridized carbons (Fsp3) is 0.667. The second-order valence-corrected chi connectivity index (χ2v) is 5.18. The van der Waals surface area contributed by atoms with E-state index in [0.717, 1.165) is 42.8 Å². The molecule has 0 spiro atoms. The highest BCUT2D eigenvalue weighted by Crippen LogP contribution is 2.16. The number of nitrogens with one attached hydrogen (secondary N) is 2. The Morgan fingerprint density at radius 2 is 2.22 bits per heavy atom. The van der Waals surface area contributed by atoms with Gasteiger partial charge < -0.3 is 15.5 Å². The number of nitrogens with zero attached hydrogens (tertiary/aromatic N) is 3. The van der Waals surface area contributed by atoms with Crippen molar-refractivity contribution >= 4 is 24.3 Å². The van der Waals surface area contributed by atoms with Crippen LogP contribution in [-0.4, -0.2) is 53.3 Å². The number of anilines is 2. The third-order valence-corrected chi connectivity index (χ3v) is 3.22. The molecule has 0 aromatic carbocycles. The summed E-state index contributed by atoms with van der Waals surface area (Å²) >= 11 is 4.18. The zero-order valence-electron chi connectivity index (χ0n) is 11.0. The Labute approximate surface area is 114 Å². The van der Waals surface area contributed by atoms with Crippen molar-refractivity contribution < 1.29 is 0 Å². The maximum Gasteiger partial charge on any atom is 0.132 e. The second-order valence-electron chi connectivity index (χ2n) is 4.73. The van der Waals surface area contributed by atoms with Crippen molar-refractivity contribution in [2.45, 2.75) is 19.4 Å². The van der Waals surface area contributed by atoms with E-state index in [2.05, 4.69) is 45.2 Å². The molecule has 0 amide bonds. The van der Waals surface area contributed by atoms with Crippen LogP contribution in [0.5, 0.6) is 0 Å². The minimum atomic E-state index is 0.488. The fourth-order valence-corrected chi connectivity index (χ4v) is 2.29. The summed E-state index contributed by atoms with van der Waals surface area (Å²) in [6.07, 6.45) is 1.17. The first kappa shape index (κ1) is 13.4. The number of aromatic nitrogens is 2. The molecule has 0 radical (unpaired) electrons. The monoisotopic (exact) mass is 267 g/mol. The van der Waals surface area contributed by atoms with Crippen molar-refractivity contribution in [1.29, 1.82) is 0 Å². The Bertz CT molecular complexity index is 398. The van der Waals surface area contributed by atoms with E-state index in [-0.39, 0.29) is 0 Å². The van der Waals surface area contributed by atoms with Gasteiger partial charge in [-0.25, -0.2) is 9.97 Å². The molecule has 0 aliphatic carbocycles. The summed E-state index contributed by atoms with van der Waals surface area (Å²) in [4.78, 5) is 11.1. The predicted molar refractivity (Wildman–Crippen MR) is 78.6 cm³/mol. The zero-order valence-corrected chi connectivity index (χ0v) is 11.9. The minimum Gasteiger partial charge on any atom is -0.369 e. The van der Waals surface area contributed by atoms with Crippen molar-refractivity contribution in [2.24, 2.45) is 0 Å². The van der Waals surface area contributed by atoms with E-state index in [9.17, 15) is 0 Å². The van der Waals surface area contributed by atoms with Crippen LogP contribution in [0.25, 0.3) is 0 Å². The van der Waals surface area contributed by atoms with Crippen molar-refractivity contribution in [2.75, 3.05) is 43.1 Å². The Morgan fingerprint density at radius 3 is 2.89 bits per heavy atom. The summed E-state index contributed by atoms with van der Waals surface area (Å²) in [5.41, 5.74) is 0. The first-order chi connectivity index (χ1) is 8.67.